The fourth-order valence-electron chi connectivity index (χ4n) is 1.63. The number of hydrogen-bond donors (Lipinski definition) is 1. The van der Waals surface area contributed by atoms with Crippen LogP contribution in [0, 0.1) is 5.92 Å². The molecular weight excluding hydrogens is 214 g/mol. The number of aliphatic hydroxyl groups is 1. The van der Waals surface area contributed by atoms with E-state index in [-0.39, 0.29) is 12.5 Å². The molecule has 0 aromatic rings. The molecule has 1 N–H and O–H groups in total. The summed E-state index contributed by atoms with van der Waals surface area (Å²) >= 11 is 0. The highest BCUT2D eigenvalue weighted by molar-refractivity contribution is 7.90. The fraction of sp³-hybridized carbons (Fsp3) is 1.00. The van der Waals surface area contributed by atoms with Gasteiger partial charge in [0.2, 0.25) is 10.0 Å². The average Bonchev–Trinajstić information content (AvgIpc) is 2.07. The average molecular weight is 235 g/mol. The third-order valence-corrected chi connectivity index (χ3v) is 5.55. The molecule has 1 heterocycles. The predicted molar refractivity (Wildman–Crippen MR) is 60.0 cm³/mol. The molecule has 1 saturated heterocycles. The van der Waals surface area contributed by atoms with Gasteiger partial charge in [0.25, 0.3) is 0 Å². The molecule has 0 aromatic heterocycles. The summed E-state index contributed by atoms with van der Waals surface area (Å²) in [5.41, 5.74) is 0. The van der Waals surface area contributed by atoms with Crippen molar-refractivity contribution < 1.29 is 13.5 Å². The SMILES string of the molecule is CC1CCN(S(=O)(=O)C(C)(C)C)CC1O. The summed E-state index contributed by atoms with van der Waals surface area (Å²) in [6.45, 7) is 7.77. The van der Waals surface area contributed by atoms with Crippen LogP contribution in [0.5, 0.6) is 0 Å². The summed E-state index contributed by atoms with van der Waals surface area (Å²) in [5.74, 6) is 0.191. The van der Waals surface area contributed by atoms with E-state index in [1.165, 1.54) is 4.31 Å². The third-order valence-electron chi connectivity index (χ3n) is 3.00. The molecule has 4 nitrogen and oxygen atoms in total. The first kappa shape index (κ1) is 12.9. The van der Waals surface area contributed by atoms with Crippen molar-refractivity contribution in [2.24, 2.45) is 5.92 Å². The van der Waals surface area contributed by atoms with Crippen LogP contribution in [0.15, 0.2) is 0 Å². The Morgan fingerprint density at radius 3 is 2.27 bits per heavy atom. The highest BCUT2D eigenvalue weighted by atomic mass is 32.2. The largest absolute Gasteiger partial charge is 0.391 e. The summed E-state index contributed by atoms with van der Waals surface area (Å²) in [6.07, 6.45) is 0.201. The molecule has 0 aliphatic carbocycles. The van der Waals surface area contributed by atoms with Gasteiger partial charge in [-0.25, -0.2) is 8.42 Å². The Labute approximate surface area is 92.3 Å². The van der Waals surface area contributed by atoms with Gasteiger partial charge in [0.05, 0.1) is 10.9 Å². The minimum atomic E-state index is -3.28. The zero-order valence-corrected chi connectivity index (χ0v) is 10.7. The summed E-state index contributed by atoms with van der Waals surface area (Å²) in [7, 11) is -3.28. The van der Waals surface area contributed by atoms with Crippen molar-refractivity contribution in [3.8, 4) is 0 Å². The smallest absolute Gasteiger partial charge is 0.219 e. The number of piperidine rings is 1. The van der Waals surface area contributed by atoms with Gasteiger partial charge >= 0.3 is 0 Å². The second kappa shape index (κ2) is 4.03. The van der Waals surface area contributed by atoms with E-state index >= 15 is 0 Å². The molecule has 0 bridgehead atoms. The first-order valence-corrected chi connectivity index (χ1v) is 6.78. The van der Waals surface area contributed by atoms with Crippen molar-refractivity contribution in [2.45, 2.75) is 45.0 Å². The number of nitrogens with zero attached hydrogens (tertiary/aromatic N) is 1. The van der Waals surface area contributed by atoms with E-state index in [1.807, 2.05) is 6.92 Å². The van der Waals surface area contributed by atoms with Crippen molar-refractivity contribution in [3.63, 3.8) is 0 Å². The zero-order valence-electron chi connectivity index (χ0n) is 9.90. The zero-order chi connectivity index (χ0) is 11.9. The summed E-state index contributed by atoms with van der Waals surface area (Å²) in [6, 6.07) is 0. The molecule has 5 heteroatoms. The predicted octanol–water partition coefficient (Wildman–Crippen LogP) is 0.817. The first-order valence-electron chi connectivity index (χ1n) is 5.34. The van der Waals surface area contributed by atoms with Crippen molar-refractivity contribution in [2.75, 3.05) is 13.1 Å². The summed E-state index contributed by atoms with van der Waals surface area (Å²) in [4.78, 5) is 0. The fourth-order valence-corrected chi connectivity index (χ4v) is 3.09. The maximum absolute atomic E-state index is 12.1. The molecule has 15 heavy (non-hydrogen) atoms. The molecule has 1 aliphatic rings. The van der Waals surface area contributed by atoms with Crippen LogP contribution in [-0.2, 0) is 10.0 Å². The minimum absolute atomic E-state index is 0.191. The van der Waals surface area contributed by atoms with Crippen molar-refractivity contribution in [1.29, 1.82) is 0 Å². The van der Waals surface area contributed by atoms with E-state index in [4.69, 9.17) is 0 Å². The van der Waals surface area contributed by atoms with E-state index in [0.29, 0.717) is 6.54 Å². The van der Waals surface area contributed by atoms with Crippen LogP contribution < -0.4 is 0 Å². The minimum Gasteiger partial charge on any atom is -0.391 e. The van der Waals surface area contributed by atoms with Gasteiger partial charge < -0.3 is 5.11 Å². The maximum Gasteiger partial charge on any atom is 0.219 e. The van der Waals surface area contributed by atoms with Gasteiger partial charge in [-0.2, -0.15) is 4.31 Å². The van der Waals surface area contributed by atoms with Crippen LogP contribution in [-0.4, -0.2) is 41.8 Å². The molecule has 0 radical (unpaired) electrons. The quantitative estimate of drug-likeness (QED) is 0.732. The van der Waals surface area contributed by atoms with Crippen molar-refractivity contribution in [3.05, 3.63) is 0 Å². The topological polar surface area (TPSA) is 57.6 Å². The maximum atomic E-state index is 12.1. The van der Waals surface area contributed by atoms with Crippen LogP contribution >= 0.6 is 0 Å². The Balaban J connectivity index is 2.83. The molecular formula is C10H21NO3S. The number of hydrogen-bond acceptors (Lipinski definition) is 3. The highest BCUT2D eigenvalue weighted by Crippen LogP contribution is 2.26. The number of rotatable bonds is 1. The van der Waals surface area contributed by atoms with Gasteiger partial charge in [-0.05, 0) is 33.1 Å². The van der Waals surface area contributed by atoms with E-state index in [9.17, 15) is 13.5 Å². The molecule has 2 unspecified atom stereocenters. The van der Waals surface area contributed by atoms with Gasteiger partial charge in [0, 0.05) is 13.1 Å². The van der Waals surface area contributed by atoms with Gasteiger partial charge in [-0.3, -0.25) is 0 Å². The number of sulfonamides is 1. The first-order chi connectivity index (χ1) is 6.66. The third kappa shape index (κ3) is 2.52. The lowest BCUT2D eigenvalue weighted by Gasteiger charge is -2.37. The van der Waals surface area contributed by atoms with Gasteiger partial charge in [0.1, 0.15) is 0 Å². The highest BCUT2D eigenvalue weighted by Gasteiger charge is 2.38. The molecule has 0 amide bonds. The van der Waals surface area contributed by atoms with Gasteiger partial charge in [0.15, 0.2) is 0 Å². The molecule has 1 rings (SSSR count). The normalized spacial score (nSPS) is 30.5. The van der Waals surface area contributed by atoms with Crippen LogP contribution in [0.25, 0.3) is 0 Å². The van der Waals surface area contributed by atoms with E-state index in [0.717, 1.165) is 6.42 Å². The molecule has 2 atom stereocenters. The van der Waals surface area contributed by atoms with Gasteiger partial charge in [-0.15, -0.1) is 0 Å². The van der Waals surface area contributed by atoms with E-state index in [2.05, 4.69) is 0 Å². The van der Waals surface area contributed by atoms with E-state index < -0.39 is 20.9 Å². The Kier molecular flexibility index (Phi) is 3.48. The lowest BCUT2D eigenvalue weighted by atomic mass is 9.98. The Hall–Kier alpha value is -0.130. The van der Waals surface area contributed by atoms with Gasteiger partial charge in [-0.1, -0.05) is 6.92 Å². The van der Waals surface area contributed by atoms with Crippen LogP contribution in [0.1, 0.15) is 34.1 Å². The summed E-state index contributed by atoms with van der Waals surface area (Å²) in [5, 5.41) is 9.67. The molecule has 0 aromatic carbocycles. The van der Waals surface area contributed by atoms with Crippen molar-refractivity contribution in [1.82, 2.24) is 4.31 Å². The second-order valence-corrected chi connectivity index (χ2v) is 8.00. The monoisotopic (exact) mass is 235 g/mol. The lowest BCUT2D eigenvalue weighted by molar-refractivity contribution is 0.0598. The molecule has 1 fully saturated rings. The lowest BCUT2D eigenvalue weighted by Crippen LogP contribution is -2.51. The van der Waals surface area contributed by atoms with Crippen LogP contribution in [0.3, 0.4) is 0 Å². The molecule has 1 aliphatic heterocycles. The Bertz CT molecular complexity index is 318. The van der Waals surface area contributed by atoms with Crippen LogP contribution in [0.4, 0.5) is 0 Å². The standard InChI is InChI=1S/C10H21NO3S/c1-8-5-6-11(7-9(8)12)15(13,14)10(2,3)4/h8-9,12H,5-7H2,1-4H3. The number of β-amino-alcohol motifs (C(OH)–C–C–N with tert-alkyl or cyclic N) is 1. The Morgan fingerprint density at radius 1 is 1.33 bits per heavy atom. The number of aliphatic hydroxyl groups excluding tert-OH is 1. The second-order valence-electron chi connectivity index (χ2n) is 5.31. The molecule has 0 spiro atoms. The summed E-state index contributed by atoms with van der Waals surface area (Å²) < 4.78 is 24.8. The Morgan fingerprint density at radius 2 is 1.87 bits per heavy atom. The molecule has 0 saturated carbocycles. The van der Waals surface area contributed by atoms with Crippen molar-refractivity contribution >= 4 is 10.0 Å². The van der Waals surface area contributed by atoms with E-state index in [1.54, 1.807) is 20.8 Å². The molecule has 90 valence electrons. The van der Waals surface area contributed by atoms with Crippen LogP contribution in [0.2, 0.25) is 0 Å².